The second kappa shape index (κ2) is 11.2. The summed E-state index contributed by atoms with van der Waals surface area (Å²) in [5.41, 5.74) is 4.34. The monoisotopic (exact) mass is 522 g/mol. The van der Waals surface area contributed by atoms with Crippen molar-refractivity contribution >= 4 is 34.4 Å². The zero-order valence-electron chi connectivity index (χ0n) is 21.3. The first-order valence-electron chi connectivity index (χ1n) is 13.3. The Morgan fingerprint density at radius 1 is 1.16 bits per heavy atom. The second-order valence-corrected chi connectivity index (χ2v) is 11.1. The fourth-order valence-corrected chi connectivity index (χ4v) is 6.27. The van der Waals surface area contributed by atoms with Gasteiger partial charge in [-0.3, -0.25) is 14.6 Å². The average Bonchev–Trinajstić information content (AvgIpc) is 3.34. The zero-order valence-corrected chi connectivity index (χ0v) is 22.0. The van der Waals surface area contributed by atoms with Crippen LogP contribution < -0.4 is 5.32 Å². The third-order valence-corrected chi connectivity index (χ3v) is 8.73. The molecule has 0 spiro atoms. The number of pyridine rings is 1. The fraction of sp³-hybridized carbons (Fsp3) is 0.483. The average molecular weight is 523 g/mol. The second-order valence-electron chi connectivity index (χ2n) is 10.7. The van der Waals surface area contributed by atoms with Crippen molar-refractivity contribution in [2.24, 2.45) is 5.92 Å². The van der Waals surface area contributed by atoms with E-state index in [2.05, 4.69) is 21.5 Å². The normalized spacial score (nSPS) is 21.7. The number of aromatic amines is 1. The lowest BCUT2D eigenvalue weighted by atomic mass is 9.80. The third-order valence-electron chi connectivity index (χ3n) is 8.32. The van der Waals surface area contributed by atoms with Crippen LogP contribution in [-0.4, -0.2) is 57.0 Å². The predicted molar refractivity (Wildman–Crippen MR) is 145 cm³/mol. The number of nitrogens with one attached hydrogen (secondary N) is 2. The van der Waals surface area contributed by atoms with Crippen molar-refractivity contribution < 1.29 is 14.7 Å². The number of halogens is 1. The van der Waals surface area contributed by atoms with Gasteiger partial charge in [-0.05, 0) is 86.1 Å². The highest BCUT2D eigenvalue weighted by molar-refractivity contribution is 6.31. The van der Waals surface area contributed by atoms with E-state index in [9.17, 15) is 14.7 Å². The van der Waals surface area contributed by atoms with Crippen molar-refractivity contribution in [3.05, 3.63) is 64.6 Å². The van der Waals surface area contributed by atoms with E-state index in [1.807, 2.05) is 42.3 Å². The number of H-pyrrole nitrogens is 1. The van der Waals surface area contributed by atoms with E-state index in [1.165, 1.54) is 10.9 Å². The molecule has 196 valence electrons. The number of piperidine rings is 1. The number of benzene rings is 1. The van der Waals surface area contributed by atoms with Gasteiger partial charge < -0.3 is 20.3 Å². The van der Waals surface area contributed by atoms with E-state index in [4.69, 9.17) is 11.6 Å². The third kappa shape index (κ3) is 5.83. The first kappa shape index (κ1) is 25.7. The topological polar surface area (TPSA) is 98.3 Å². The summed E-state index contributed by atoms with van der Waals surface area (Å²) in [6.07, 6.45) is 11.5. The van der Waals surface area contributed by atoms with E-state index in [1.54, 1.807) is 6.20 Å². The van der Waals surface area contributed by atoms with Crippen molar-refractivity contribution in [1.82, 2.24) is 20.2 Å². The van der Waals surface area contributed by atoms with Crippen molar-refractivity contribution in [1.29, 1.82) is 0 Å². The molecular weight excluding hydrogens is 488 g/mol. The number of carboxylic acids is 1. The van der Waals surface area contributed by atoms with Crippen LogP contribution in [0.1, 0.15) is 61.1 Å². The molecule has 3 N–H and O–H groups in total. The van der Waals surface area contributed by atoms with Crippen LogP contribution in [0.3, 0.4) is 0 Å². The SMILES string of the molecule is Cc1ccc(CC(=O)N2CCC(C(NC3CCC(c4c[nH]c5ccncc45)CC3)C(=O)O)CC2)cc1Cl. The Kier molecular flexibility index (Phi) is 7.81. The van der Waals surface area contributed by atoms with E-state index < -0.39 is 12.0 Å². The smallest absolute Gasteiger partial charge is 0.320 e. The number of carboxylic acid groups (broad SMARTS) is 1. The van der Waals surface area contributed by atoms with Crippen molar-refractivity contribution in [3.8, 4) is 0 Å². The molecule has 0 radical (unpaired) electrons. The molecule has 7 nitrogen and oxygen atoms in total. The molecule has 1 saturated heterocycles. The maximum absolute atomic E-state index is 12.8. The standard InChI is InChI=1S/C29H35ClN4O3/c1-18-2-3-19(14-25(18)30)15-27(35)34-12-9-21(10-13-34)28(29(36)37)33-22-6-4-20(5-7-22)23-17-32-26-8-11-31-16-24(23)26/h2-3,8,11,14,16-17,20-22,28,32-33H,4-7,9-10,12-13,15H2,1H3,(H,36,37). The van der Waals surface area contributed by atoms with E-state index in [0.29, 0.717) is 43.3 Å². The van der Waals surface area contributed by atoms with Gasteiger partial charge in [-0.25, -0.2) is 0 Å². The maximum atomic E-state index is 12.8. The molecule has 3 heterocycles. The summed E-state index contributed by atoms with van der Waals surface area (Å²) < 4.78 is 0. The molecule has 8 heteroatoms. The van der Waals surface area contributed by atoms with Gasteiger partial charge in [-0.1, -0.05) is 23.7 Å². The van der Waals surface area contributed by atoms with Crippen molar-refractivity contribution in [2.45, 2.75) is 69.9 Å². The number of rotatable bonds is 7. The molecule has 0 bridgehead atoms. The number of aliphatic carboxylic acids is 1. The number of likely N-dealkylation sites (tertiary alicyclic amines) is 1. The van der Waals surface area contributed by atoms with Gasteiger partial charge in [0, 0.05) is 53.6 Å². The summed E-state index contributed by atoms with van der Waals surface area (Å²) in [7, 11) is 0. The number of carbonyl (C=O) groups excluding carboxylic acids is 1. The number of carbonyl (C=O) groups is 2. The molecule has 37 heavy (non-hydrogen) atoms. The Hall–Kier alpha value is -2.90. The summed E-state index contributed by atoms with van der Waals surface area (Å²) in [5.74, 6) is -0.224. The van der Waals surface area contributed by atoms with E-state index in [0.717, 1.165) is 42.3 Å². The molecule has 1 aliphatic heterocycles. The molecule has 2 fully saturated rings. The molecule has 2 aliphatic rings. The molecule has 1 amide bonds. The highest BCUT2D eigenvalue weighted by Crippen LogP contribution is 2.37. The number of fused-ring (bicyclic) bond motifs is 1. The van der Waals surface area contributed by atoms with Gasteiger partial charge in [0.05, 0.1) is 6.42 Å². The predicted octanol–water partition coefficient (Wildman–Crippen LogP) is 5.08. The summed E-state index contributed by atoms with van der Waals surface area (Å²) in [5, 5.41) is 15.4. The zero-order chi connectivity index (χ0) is 25.9. The van der Waals surface area contributed by atoms with Gasteiger partial charge in [0.2, 0.25) is 5.91 Å². The van der Waals surface area contributed by atoms with Gasteiger partial charge in [0.15, 0.2) is 0 Å². The minimum Gasteiger partial charge on any atom is -0.480 e. The van der Waals surface area contributed by atoms with Crippen LogP contribution in [0, 0.1) is 12.8 Å². The first-order valence-corrected chi connectivity index (χ1v) is 13.7. The molecule has 1 atom stereocenters. The number of amides is 1. The number of hydrogen-bond donors (Lipinski definition) is 3. The summed E-state index contributed by atoms with van der Waals surface area (Å²) in [6, 6.07) is 7.36. The molecule has 3 aromatic rings. The lowest BCUT2D eigenvalue weighted by Gasteiger charge is -2.37. The van der Waals surface area contributed by atoms with Gasteiger partial charge in [0.1, 0.15) is 6.04 Å². The minimum atomic E-state index is -0.788. The lowest BCUT2D eigenvalue weighted by Crippen LogP contribution is -2.52. The highest BCUT2D eigenvalue weighted by Gasteiger charge is 2.35. The van der Waals surface area contributed by atoms with Crippen LogP contribution in [0.15, 0.2) is 42.9 Å². The molecular formula is C29H35ClN4O3. The van der Waals surface area contributed by atoms with Crippen LogP contribution >= 0.6 is 11.6 Å². The Balaban J connectivity index is 1.12. The highest BCUT2D eigenvalue weighted by atomic mass is 35.5. The lowest BCUT2D eigenvalue weighted by molar-refractivity contribution is -0.142. The van der Waals surface area contributed by atoms with E-state index in [-0.39, 0.29) is 17.9 Å². The quantitative estimate of drug-likeness (QED) is 0.402. The Bertz CT molecular complexity index is 1260. The number of aryl methyl sites for hydroxylation is 1. The Labute approximate surface area is 222 Å². The number of aromatic nitrogens is 2. The van der Waals surface area contributed by atoms with Crippen LogP contribution in [0.25, 0.3) is 10.9 Å². The van der Waals surface area contributed by atoms with Gasteiger partial charge >= 0.3 is 5.97 Å². The maximum Gasteiger partial charge on any atom is 0.320 e. The molecule has 1 saturated carbocycles. The summed E-state index contributed by atoms with van der Waals surface area (Å²) in [6.45, 7) is 3.13. The Morgan fingerprint density at radius 3 is 2.62 bits per heavy atom. The first-order chi connectivity index (χ1) is 17.9. The van der Waals surface area contributed by atoms with E-state index >= 15 is 0 Å². The van der Waals surface area contributed by atoms with Gasteiger partial charge in [-0.2, -0.15) is 0 Å². The molecule has 1 aromatic carbocycles. The van der Waals surface area contributed by atoms with Crippen LogP contribution in [0.5, 0.6) is 0 Å². The summed E-state index contributed by atoms with van der Waals surface area (Å²) >= 11 is 6.21. The van der Waals surface area contributed by atoms with Gasteiger partial charge in [-0.15, -0.1) is 0 Å². The van der Waals surface area contributed by atoms with Crippen LogP contribution in [0.4, 0.5) is 0 Å². The number of hydrogen-bond acceptors (Lipinski definition) is 4. The molecule has 2 aromatic heterocycles. The fourth-order valence-electron chi connectivity index (χ4n) is 6.07. The van der Waals surface area contributed by atoms with Crippen molar-refractivity contribution in [2.75, 3.05) is 13.1 Å². The summed E-state index contributed by atoms with van der Waals surface area (Å²) in [4.78, 5) is 34.6. The van der Waals surface area contributed by atoms with Crippen molar-refractivity contribution in [3.63, 3.8) is 0 Å². The molecule has 1 aliphatic carbocycles. The Morgan fingerprint density at radius 2 is 1.92 bits per heavy atom. The number of nitrogens with zero attached hydrogens (tertiary/aromatic N) is 2. The largest absolute Gasteiger partial charge is 0.480 e. The molecule has 5 rings (SSSR count). The van der Waals surface area contributed by atoms with Crippen LogP contribution in [0.2, 0.25) is 5.02 Å². The molecule has 1 unspecified atom stereocenters. The van der Waals surface area contributed by atoms with Crippen LogP contribution in [-0.2, 0) is 16.0 Å². The van der Waals surface area contributed by atoms with Gasteiger partial charge in [0.25, 0.3) is 0 Å². The minimum absolute atomic E-state index is 0.0211.